The van der Waals surface area contributed by atoms with E-state index in [0.717, 1.165) is 17.0 Å². The Morgan fingerprint density at radius 2 is 1.84 bits per heavy atom. The maximum atomic E-state index is 13.6. The molecule has 0 atom stereocenters. The third kappa shape index (κ3) is 6.50. The standard InChI is InChI=1S/C31H18BrFI2N4O4/c32-19-8-9-26-18(12-19)13-27(43-26)30-38-25-7-2-1-6-22(25)31(41)39(30)36-15-17-10-23(34)29(24(35)11-17)42-16-28(40)37-21-5-3-4-20(33)14-21/h1-15H,16H2,(H,37,40). The monoisotopic (exact) mass is 862 g/mol. The van der Waals surface area contributed by atoms with Crippen molar-refractivity contribution in [2.45, 2.75) is 0 Å². The van der Waals surface area contributed by atoms with Crippen LogP contribution in [0.5, 0.6) is 5.75 Å². The van der Waals surface area contributed by atoms with Crippen LogP contribution in [0.1, 0.15) is 5.56 Å². The van der Waals surface area contributed by atoms with Crippen molar-refractivity contribution in [3.63, 3.8) is 0 Å². The van der Waals surface area contributed by atoms with Crippen molar-refractivity contribution in [2.24, 2.45) is 5.10 Å². The number of nitrogens with one attached hydrogen (secondary N) is 1. The number of benzene rings is 4. The number of aromatic nitrogens is 2. The number of fused-ring (bicyclic) bond motifs is 2. The van der Waals surface area contributed by atoms with Crippen LogP contribution in [-0.4, -0.2) is 28.4 Å². The molecule has 43 heavy (non-hydrogen) atoms. The van der Waals surface area contributed by atoms with Crippen LogP contribution in [0, 0.1) is 13.0 Å². The van der Waals surface area contributed by atoms with Gasteiger partial charge in [0, 0.05) is 15.5 Å². The Bertz CT molecular complexity index is 2110. The molecule has 0 fully saturated rings. The summed E-state index contributed by atoms with van der Waals surface area (Å²) >= 11 is 7.70. The molecule has 0 unspecified atom stereocenters. The van der Waals surface area contributed by atoms with Crippen molar-refractivity contribution in [3.8, 4) is 17.3 Å². The van der Waals surface area contributed by atoms with Gasteiger partial charge >= 0.3 is 0 Å². The first-order valence-corrected chi connectivity index (χ1v) is 15.6. The van der Waals surface area contributed by atoms with Crippen LogP contribution in [0.15, 0.2) is 104 Å². The van der Waals surface area contributed by atoms with Gasteiger partial charge in [-0.05, 0) is 117 Å². The predicted molar refractivity (Wildman–Crippen MR) is 184 cm³/mol. The Kier molecular flexibility index (Phi) is 8.59. The lowest BCUT2D eigenvalue weighted by Crippen LogP contribution is -2.21. The van der Waals surface area contributed by atoms with Crippen LogP contribution >= 0.6 is 61.1 Å². The first-order chi connectivity index (χ1) is 20.7. The van der Waals surface area contributed by atoms with Crippen molar-refractivity contribution < 1.29 is 18.3 Å². The molecule has 2 heterocycles. The van der Waals surface area contributed by atoms with Crippen LogP contribution in [0.3, 0.4) is 0 Å². The summed E-state index contributed by atoms with van der Waals surface area (Å²) in [5.74, 6) is 0.320. The predicted octanol–water partition coefficient (Wildman–Crippen LogP) is 7.82. The molecule has 0 aliphatic carbocycles. The Hall–Kier alpha value is -3.63. The largest absolute Gasteiger partial charge is 0.482 e. The van der Waals surface area contributed by atoms with E-state index in [1.165, 1.54) is 22.9 Å². The molecule has 1 N–H and O–H groups in total. The Labute approximate surface area is 279 Å². The summed E-state index contributed by atoms with van der Waals surface area (Å²) in [7, 11) is 0. The number of para-hydroxylation sites is 1. The molecule has 0 saturated carbocycles. The van der Waals surface area contributed by atoms with Gasteiger partial charge < -0.3 is 14.5 Å². The van der Waals surface area contributed by atoms with Gasteiger partial charge in [0.15, 0.2) is 12.4 Å². The normalized spacial score (nSPS) is 11.4. The maximum Gasteiger partial charge on any atom is 0.282 e. The molecule has 0 bridgehead atoms. The fraction of sp³-hybridized carbons (Fsp3) is 0.0323. The third-order valence-corrected chi connectivity index (χ3v) is 8.35. The van der Waals surface area contributed by atoms with E-state index in [9.17, 15) is 14.0 Å². The van der Waals surface area contributed by atoms with Gasteiger partial charge in [-0.1, -0.05) is 34.1 Å². The number of rotatable bonds is 7. The van der Waals surface area contributed by atoms with Gasteiger partial charge in [0.05, 0.1) is 24.3 Å². The van der Waals surface area contributed by atoms with Gasteiger partial charge in [-0.2, -0.15) is 9.78 Å². The Balaban J connectivity index is 1.30. The number of furan rings is 1. The minimum absolute atomic E-state index is 0.258. The molecule has 0 aliphatic heterocycles. The van der Waals surface area contributed by atoms with Crippen molar-refractivity contribution in [3.05, 3.63) is 118 Å². The smallest absolute Gasteiger partial charge is 0.282 e. The topological polar surface area (TPSA) is 98.7 Å². The van der Waals surface area contributed by atoms with Crippen LogP contribution in [-0.2, 0) is 4.79 Å². The van der Waals surface area contributed by atoms with E-state index in [2.05, 4.69) is 71.5 Å². The summed E-state index contributed by atoms with van der Waals surface area (Å²) in [6, 6.07) is 23.8. The number of hydrogen-bond acceptors (Lipinski definition) is 6. The number of carbonyl (C=O) groups is 1. The highest BCUT2D eigenvalue weighted by atomic mass is 127. The summed E-state index contributed by atoms with van der Waals surface area (Å²) in [6.07, 6.45) is 1.56. The second-order valence-electron chi connectivity index (χ2n) is 9.27. The molecular formula is C31H18BrFI2N4O4. The number of anilines is 1. The quantitative estimate of drug-likeness (QED) is 0.131. The minimum Gasteiger partial charge on any atom is -0.482 e. The van der Waals surface area contributed by atoms with Crippen LogP contribution in [0.25, 0.3) is 33.5 Å². The number of halogens is 4. The summed E-state index contributed by atoms with van der Waals surface area (Å²) in [5, 5.41) is 8.42. The molecule has 2 aromatic heterocycles. The van der Waals surface area contributed by atoms with Crippen LogP contribution < -0.4 is 15.6 Å². The van der Waals surface area contributed by atoms with Crippen molar-refractivity contribution in [1.82, 2.24) is 9.66 Å². The minimum atomic E-state index is -0.445. The van der Waals surface area contributed by atoms with Crippen molar-refractivity contribution in [2.75, 3.05) is 11.9 Å². The number of carbonyl (C=O) groups excluding carboxylic acids is 1. The lowest BCUT2D eigenvalue weighted by atomic mass is 10.2. The average molecular weight is 863 g/mol. The number of nitrogens with zero attached hydrogens (tertiary/aromatic N) is 3. The molecule has 0 spiro atoms. The molecule has 6 rings (SSSR count). The zero-order valence-corrected chi connectivity index (χ0v) is 27.8. The number of amides is 1. The molecule has 4 aromatic carbocycles. The molecule has 214 valence electrons. The van der Waals surface area contributed by atoms with Gasteiger partial charge in [-0.25, -0.2) is 9.37 Å². The van der Waals surface area contributed by atoms with Gasteiger partial charge in [-0.15, -0.1) is 0 Å². The van der Waals surface area contributed by atoms with E-state index < -0.39 is 11.7 Å². The van der Waals surface area contributed by atoms with Crippen LogP contribution in [0.4, 0.5) is 10.1 Å². The molecule has 6 aromatic rings. The second-order valence-corrected chi connectivity index (χ2v) is 12.5. The number of hydrogen-bond donors (Lipinski definition) is 1. The molecule has 8 nitrogen and oxygen atoms in total. The highest BCUT2D eigenvalue weighted by Gasteiger charge is 2.17. The third-order valence-electron chi connectivity index (χ3n) is 6.25. The Morgan fingerprint density at radius 3 is 2.63 bits per heavy atom. The SMILES string of the molecule is O=C(COc1c(I)cc(C=Nn2c(-c3cc4cc(Br)ccc4o3)nc3ccccc3c2=O)cc1I)Nc1cccc(F)c1. The lowest BCUT2D eigenvalue weighted by molar-refractivity contribution is -0.118. The summed E-state index contributed by atoms with van der Waals surface area (Å²) in [6.45, 7) is -0.258. The zero-order valence-electron chi connectivity index (χ0n) is 21.9. The Morgan fingerprint density at radius 1 is 1.05 bits per heavy atom. The highest BCUT2D eigenvalue weighted by molar-refractivity contribution is 14.1. The number of ether oxygens (including phenoxy) is 1. The first kappa shape index (κ1) is 29.4. The van der Waals surface area contributed by atoms with Crippen LogP contribution in [0.2, 0.25) is 0 Å². The first-order valence-electron chi connectivity index (χ1n) is 12.7. The van der Waals surface area contributed by atoms with Crippen molar-refractivity contribution in [1.29, 1.82) is 0 Å². The van der Waals surface area contributed by atoms with E-state index in [0.29, 0.717) is 39.2 Å². The summed E-state index contributed by atoms with van der Waals surface area (Å²) in [5.41, 5.74) is 1.89. The van der Waals surface area contributed by atoms with E-state index in [1.54, 1.807) is 30.5 Å². The van der Waals surface area contributed by atoms with Gasteiger partial charge in [0.2, 0.25) is 5.82 Å². The molecule has 0 saturated heterocycles. The molecule has 1 amide bonds. The maximum absolute atomic E-state index is 13.6. The molecule has 12 heteroatoms. The van der Waals surface area contributed by atoms with Gasteiger partial charge in [-0.3, -0.25) is 9.59 Å². The second kappa shape index (κ2) is 12.5. The summed E-state index contributed by atoms with van der Waals surface area (Å²) in [4.78, 5) is 30.7. The lowest BCUT2D eigenvalue weighted by Gasteiger charge is -2.12. The van der Waals surface area contributed by atoms with Gasteiger partial charge in [0.1, 0.15) is 17.1 Å². The summed E-state index contributed by atoms with van der Waals surface area (Å²) < 4.78 is 28.9. The van der Waals surface area contributed by atoms with E-state index >= 15 is 0 Å². The fourth-order valence-electron chi connectivity index (χ4n) is 4.33. The molecular weight excluding hydrogens is 845 g/mol. The van der Waals surface area contributed by atoms with E-state index in [4.69, 9.17) is 14.1 Å². The molecule has 0 aliphatic rings. The molecule has 0 radical (unpaired) electrons. The van der Waals surface area contributed by atoms with E-state index in [-0.39, 0.29) is 18.0 Å². The van der Waals surface area contributed by atoms with Gasteiger partial charge in [0.25, 0.3) is 11.5 Å². The highest BCUT2D eigenvalue weighted by Crippen LogP contribution is 2.30. The average Bonchev–Trinajstić information content (AvgIpc) is 3.39. The zero-order chi connectivity index (χ0) is 30.1. The fourth-order valence-corrected chi connectivity index (χ4v) is 6.84. The van der Waals surface area contributed by atoms with Crippen molar-refractivity contribution >= 4 is 101 Å². The van der Waals surface area contributed by atoms with E-state index in [1.807, 2.05) is 42.5 Å².